The number of nitrogens with one attached hydrogen (secondary N) is 1. The molecule has 1 aromatic heterocycles. The summed E-state index contributed by atoms with van der Waals surface area (Å²) >= 11 is 0. The van der Waals surface area contributed by atoms with Crippen molar-refractivity contribution < 1.29 is 9.53 Å². The fraction of sp³-hybridized carbons (Fsp3) is 0.842. The second-order valence-corrected chi connectivity index (χ2v) is 8.75. The maximum atomic E-state index is 12.9. The summed E-state index contributed by atoms with van der Waals surface area (Å²) in [5, 5.41) is 10.3. The number of hydrogen-bond acceptors (Lipinski definition) is 6. The van der Waals surface area contributed by atoms with Gasteiger partial charge in [-0.25, -0.2) is 0 Å². The van der Waals surface area contributed by atoms with E-state index in [9.17, 15) is 4.79 Å². The number of piperidine rings is 1. The first-order chi connectivity index (χ1) is 13.1. The molecule has 4 rings (SSSR count). The van der Waals surface area contributed by atoms with Gasteiger partial charge in [-0.1, -0.05) is 13.8 Å². The molecular weight excluding hydrogens is 344 g/mol. The number of carbonyl (C=O) groups excluding carboxylic acids is 1. The third-order valence-corrected chi connectivity index (χ3v) is 6.09. The maximum Gasteiger partial charge on any atom is 0.276 e. The van der Waals surface area contributed by atoms with Crippen molar-refractivity contribution in [3.05, 3.63) is 11.9 Å². The number of amides is 1. The molecule has 3 fully saturated rings. The van der Waals surface area contributed by atoms with Crippen LogP contribution in [-0.4, -0.2) is 101 Å². The molecule has 0 spiro atoms. The molecule has 3 aliphatic heterocycles. The third kappa shape index (κ3) is 4.33. The monoisotopic (exact) mass is 376 g/mol. The highest BCUT2D eigenvalue weighted by Crippen LogP contribution is 2.26. The predicted molar refractivity (Wildman–Crippen MR) is 101 cm³/mol. The Kier molecular flexibility index (Phi) is 5.75. The topological polar surface area (TPSA) is 77.6 Å². The van der Waals surface area contributed by atoms with Crippen molar-refractivity contribution in [3.63, 3.8) is 0 Å². The SMILES string of the molecule is CC(C)CN1CCC(N2C[C@@H]3COC[C@H](C2)N(C(=O)c2cn[nH]n2)C3)CC1. The molecule has 150 valence electrons. The van der Waals surface area contributed by atoms with E-state index in [0.29, 0.717) is 24.3 Å². The van der Waals surface area contributed by atoms with Gasteiger partial charge in [0, 0.05) is 38.1 Å². The number of nitrogens with zero attached hydrogens (tertiary/aromatic N) is 5. The van der Waals surface area contributed by atoms with Gasteiger partial charge in [-0.05, 0) is 31.8 Å². The summed E-state index contributed by atoms with van der Waals surface area (Å²) in [4.78, 5) is 20.1. The highest BCUT2D eigenvalue weighted by atomic mass is 16.5. The van der Waals surface area contributed by atoms with E-state index in [1.54, 1.807) is 0 Å². The highest BCUT2D eigenvalue weighted by Gasteiger charge is 2.39. The van der Waals surface area contributed by atoms with Crippen LogP contribution >= 0.6 is 0 Å². The summed E-state index contributed by atoms with van der Waals surface area (Å²) in [7, 11) is 0. The number of H-pyrrole nitrogens is 1. The second-order valence-electron chi connectivity index (χ2n) is 8.75. The zero-order valence-electron chi connectivity index (χ0n) is 16.5. The Morgan fingerprint density at radius 3 is 2.74 bits per heavy atom. The lowest BCUT2D eigenvalue weighted by molar-refractivity contribution is 0.0212. The number of rotatable bonds is 4. The summed E-state index contributed by atoms with van der Waals surface area (Å²) in [6.45, 7) is 12.2. The summed E-state index contributed by atoms with van der Waals surface area (Å²) in [5.74, 6) is 1.06. The molecule has 8 heteroatoms. The standard InChI is InChI=1S/C19H32N6O2/c1-14(2)8-23-5-3-16(4-6-23)24-9-15-10-25(17(11-24)13-27-12-15)19(26)18-7-20-22-21-18/h7,14-17H,3-6,8-13H2,1-2H3,(H,20,21,22)/t15-,17-/m0/s1. The first-order valence-corrected chi connectivity index (χ1v) is 10.3. The van der Waals surface area contributed by atoms with Crippen LogP contribution in [0.2, 0.25) is 0 Å². The summed E-state index contributed by atoms with van der Waals surface area (Å²) in [5.41, 5.74) is 0.399. The van der Waals surface area contributed by atoms with Crippen LogP contribution in [0.25, 0.3) is 0 Å². The van der Waals surface area contributed by atoms with Crippen LogP contribution < -0.4 is 0 Å². The molecule has 3 aliphatic rings. The fourth-order valence-electron chi connectivity index (χ4n) is 4.86. The van der Waals surface area contributed by atoms with E-state index in [-0.39, 0.29) is 11.9 Å². The molecule has 0 aromatic carbocycles. The van der Waals surface area contributed by atoms with Crippen LogP contribution in [0, 0.1) is 11.8 Å². The van der Waals surface area contributed by atoms with Gasteiger partial charge < -0.3 is 14.5 Å². The van der Waals surface area contributed by atoms with Gasteiger partial charge >= 0.3 is 0 Å². The molecule has 0 saturated carbocycles. The molecule has 3 saturated heterocycles. The molecule has 27 heavy (non-hydrogen) atoms. The number of likely N-dealkylation sites (tertiary alicyclic amines) is 1. The molecule has 2 atom stereocenters. The number of fused-ring (bicyclic) bond motifs is 3. The third-order valence-electron chi connectivity index (χ3n) is 6.09. The van der Waals surface area contributed by atoms with Crippen LogP contribution in [0.1, 0.15) is 37.2 Å². The van der Waals surface area contributed by atoms with Crippen molar-refractivity contribution in [2.24, 2.45) is 11.8 Å². The van der Waals surface area contributed by atoms with E-state index in [4.69, 9.17) is 4.74 Å². The van der Waals surface area contributed by atoms with Gasteiger partial charge in [0.2, 0.25) is 0 Å². The normalized spacial score (nSPS) is 28.5. The number of ether oxygens (including phenoxy) is 1. The molecule has 0 aliphatic carbocycles. The van der Waals surface area contributed by atoms with Gasteiger partial charge in [0.15, 0.2) is 5.69 Å². The van der Waals surface area contributed by atoms with Gasteiger partial charge in [-0.3, -0.25) is 9.69 Å². The van der Waals surface area contributed by atoms with Gasteiger partial charge in [0.25, 0.3) is 5.91 Å². The smallest absolute Gasteiger partial charge is 0.276 e. The van der Waals surface area contributed by atoms with Crippen molar-refractivity contribution in [1.29, 1.82) is 0 Å². The molecule has 0 radical (unpaired) electrons. The molecule has 1 N–H and O–H groups in total. The van der Waals surface area contributed by atoms with Crippen molar-refractivity contribution in [3.8, 4) is 0 Å². The van der Waals surface area contributed by atoms with Gasteiger partial charge in [-0.2, -0.15) is 15.4 Å². The zero-order chi connectivity index (χ0) is 18.8. The number of hydrogen-bond donors (Lipinski definition) is 1. The fourth-order valence-corrected chi connectivity index (χ4v) is 4.86. The van der Waals surface area contributed by atoms with Crippen LogP contribution in [0.15, 0.2) is 6.20 Å². The van der Waals surface area contributed by atoms with Crippen LogP contribution in [0.3, 0.4) is 0 Å². The van der Waals surface area contributed by atoms with E-state index in [0.717, 1.165) is 32.2 Å². The van der Waals surface area contributed by atoms with Crippen molar-refractivity contribution in [1.82, 2.24) is 30.1 Å². The minimum Gasteiger partial charge on any atom is -0.379 e. The molecule has 2 bridgehead atoms. The van der Waals surface area contributed by atoms with Crippen LogP contribution in [0.4, 0.5) is 0 Å². The summed E-state index contributed by atoms with van der Waals surface area (Å²) in [6.07, 6.45) is 3.97. The minimum absolute atomic E-state index is 0.0298. The minimum atomic E-state index is -0.0298. The average molecular weight is 377 g/mol. The van der Waals surface area contributed by atoms with Crippen molar-refractivity contribution in [2.45, 2.75) is 38.8 Å². The Hall–Kier alpha value is -1.51. The van der Waals surface area contributed by atoms with E-state index in [1.165, 1.54) is 38.7 Å². The first-order valence-electron chi connectivity index (χ1n) is 10.3. The predicted octanol–water partition coefficient (Wildman–Crippen LogP) is 0.698. The number of aromatic amines is 1. The van der Waals surface area contributed by atoms with Crippen molar-refractivity contribution in [2.75, 3.05) is 52.5 Å². The molecular formula is C19H32N6O2. The van der Waals surface area contributed by atoms with Gasteiger partial charge in [0.1, 0.15) is 0 Å². The van der Waals surface area contributed by atoms with Crippen molar-refractivity contribution >= 4 is 5.91 Å². The van der Waals surface area contributed by atoms with E-state index < -0.39 is 0 Å². The largest absolute Gasteiger partial charge is 0.379 e. The second kappa shape index (κ2) is 8.24. The molecule has 8 nitrogen and oxygen atoms in total. The van der Waals surface area contributed by atoms with E-state index in [2.05, 4.69) is 39.1 Å². The average Bonchev–Trinajstić information content (AvgIpc) is 3.01. The number of carbonyl (C=O) groups is 1. The highest BCUT2D eigenvalue weighted by molar-refractivity contribution is 5.92. The molecule has 0 unspecified atom stereocenters. The Bertz CT molecular complexity index is 614. The summed E-state index contributed by atoms with van der Waals surface area (Å²) < 4.78 is 5.88. The lowest BCUT2D eigenvalue weighted by atomic mass is 10.00. The summed E-state index contributed by atoms with van der Waals surface area (Å²) in [6, 6.07) is 0.717. The lowest BCUT2D eigenvalue weighted by Gasteiger charge is -2.41. The lowest BCUT2D eigenvalue weighted by Crippen LogP contribution is -2.51. The molecule has 4 heterocycles. The maximum absolute atomic E-state index is 12.9. The zero-order valence-corrected chi connectivity index (χ0v) is 16.5. The molecule has 1 amide bonds. The van der Waals surface area contributed by atoms with E-state index >= 15 is 0 Å². The molecule has 1 aromatic rings. The Balaban J connectivity index is 1.42. The van der Waals surface area contributed by atoms with Crippen LogP contribution in [0.5, 0.6) is 0 Å². The number of aromatic nitrogens is 3. The van der Waals surface area contributed by atoms with Gasteiger partial charge in [-0.15, -0.1) is 0 Å². The van der Waals surface area contributed by atoms with Crippen LogP contribution in [-0.2, 0) is 4.74 Å². The quantitative estimate of drug-likeness (QED) is 0.833. The Morgan fingerprint density at radius 1 is 1.22 bits per heavy atom. The Labute approximate surface area is 161 Å². The Morgan fingerprint density at radius 2 is 2.04 bits per heavy atom. The van der Waals surface area contributed by atoms with Gasteiger partial charge in [0.05, 0.1) is 25.5 Å². The first kappa shape index (κ1) is 18.8. The van der Waals surface area contributed by atoms with E-state index in [1.807, 2.05) is 4.90 Å².